The predicted octanol–water partition coefficient (Wildman–Crippen LogP) is 5.09. The van der Waals surface area contributed by atoms with Gasteiger partial charge in [-0.3, -0.25) is 0 Å². The van der Waals surface area contributed by atoms with E-state index in [2.05, 4.69) is 5.32 Å². The molecule has 2 aromatic rings. The topological polar surface area (TPSA) is 21.3 Å². The summed E-state index contributed by atoms with van der Waals surface area (Å²) in [6.45, 7) is 0.663. The Labute approximate surface area is 138 Å². The molecule has 0 saturated heterocycles. The average Bonchev–Trinajstić information content (AvgIpc) is 2.52. The summed E-state index contributed by atoms with van der Waals surface area (Å²) < 4.78 is 44.4. The highest BCUT2D eigenvalue weighted by atomic mass is 35.5. The molecular weight excluding hydrogens is 327 g/mol. The van der Waals surface area contributed by atoms with Crippen LogP contribution in [0.15, 0.2) is 48.5 Å². The fourth-order valence-electron chi connectivity index (χ4n) is 2.16. The van der Waals surface area contributed by atoms with Crippen LogP contribution in [0.4, 0.5) is 13.2 Å². The quantitative estimate of drug-likeness (QED) is 0.789. The number of hydrogen-bond donors (Lipinski definition) is 1. The third-order valence-electron chi connectivity index (χ3n) is 3.36. The molecule has 1 unspecified atom stereocenters. The molecule has 0 fully saturated rings. The van der Waals surface area contributed by atoms with Gasteiger partial charge in [0.15, 0.2) is 0 Å². The van der Waals surface area contributed by atoms with Crippen LogP contribution in [0.1, 0.15) is 23.7 Å². The van der Waals surface area contributed by atoms with E-state index in [4.69, 9.17) is 16.3 Å². The van der Waals surface area contributed by atoms with Crippen molar-refractivity contribution in [1.29, 1.82) is 0 Å². The highest BCUT2D eigenvalue weighted by Gasteiger charge is 2.31. The minimum absolute atomic E-state index is 0.0337. The molecule has 0 aliphatic carbocycles. The Morgan fingerprint density at radius 2 is 1.83 bits per heavy atom. The summed E-state index contributed by atoms with van der Waals surface area (Å²) in [4.78, 5) is 0. The van der Waals surface area contributed by atoms with Crippen molar-refractivity contribution in [3.8, 4) is 5.75 Å². The molecule has 6 heteroatoms. The zero-order valence-corrected chi connectivity index (χ0v) is 13.3. The summed E-state index contributed by atoms with van der Waals surface area (Å²) in [7, 11) is 1.80. The van der Waals surface area contributed by atoms with Gasteiger partial charge in [-0.1, -0.05) is 41.9 Å². The van der Waals surface area contributed by atoms with E-state index < -0.39 is 11.7 Å². The zero-order chi connectivity index (χ0) is 16.9. The van der Waals surface area contributed by atoms with E-state index in [-0.39, 0.29) is 16.9 Å². The fourth-order valence-corrected chi connectivity index (χ4v) is 2.32. The highest BCUT2D eigenvalue weighted by Crippen LogP contribution is 2.37. The van der Waals surface area contributed by atoms with Crippen LogP contribution >= 0.6 is 11.6 Å². The van der Waals surface area contributed by atoms with Crippen LogP contribution in [0.3, 0.4) is 0 Å². The molecule has 1 N–H and O–H groups in total. The van der Waals surface area contributed by atoms with Crippen molar-refractivity contribution in [3.63, 3.8) is 0 Å². The lowest BCUT2D eigenvalue weighted by Crippen LogP contribution is -2.16. The number of benzene rings is 2. The number of ether oxygens (including phenoxy) is 1. The first-order valence-corrected chi connectivity index (χ1v) is 7.52. The van der Waals surface area contributed by atoms with E-state index in [0.717, 1.165) is 17.7 Å². The first-order valence-electron chi connectivity index (χ1n) is 7.14. The van der Waals surface area contributed by atoms with Crippen molar-refractivity contribution < 1.29 is 17.9 Å². The van der Waals surface area contributed by atoms with Gasteiger partial charge in [-0.2, -0.15) is 13.2 Å². The second kappa shape index (κ2) is 7.70. The predicted molar refractivity (Wildman–Crippen MR) is 84.8 cm³/mol. The van der Waals surface area contributed by atoms with Crippen LogP contribution < -0.4 is 10.1 Å². The lowest BCUT2D eigenvalue weighted by molar-refractivity contribution is -0.137. The summed E-state index contributed by atoms with van der Waals surface area (Å²) in [6, 6.07) is 12.4. The molecule has 2 nitrogen and oxygen atoms in total. The second-order valence-electron chi connectivity index (χ2n) is 5.05. The maximum atomic E-state index is 12.9. The minimum atomic E-state index is -4.43. The van der Waals surface area contributed by atoms with Crippen molar-refractivity contribution in [2.45, 2.75) is 18.7 Å². The molecule has 0 aliphatic heterocycles. The maximum Gasteiger partial charge on any atom is 0.416 e. The summed E-state index contributed by atoms with van der Waals surface area (Å²) >= 11 is 6.00. The summed E-state index contributed by atoms with van der Waals surface area (Å²) in [5.74, 6) is 0.0337. The molecule has 0 saturated carbocycles. The van der Waals surface area contributed by atoms with Crippen LogP contribution in [-0.2, 0) is 6.18 Å². The van der Waals surface area contributed by atoms with Gasteiger partial charge in [0.2, 0.25) is 0 Å². The van der Waals surface area contributed by atoms with Gasteiger partial charge in [0.25, 0.3) is 0 Å². The number of hydrogen-bond acceptors (Lipinski definition) is 2. The van der Waals surface area contributed by atoms with Crippen LogP contribution in [0.25, 0.3) is 0 Å². The molecule has 0 bridgehead atoms. The molecule has 1 atom stereocenters. The molecule has 23 heavy (non-hydrogen) atoms. The molecule has 0 radical (unpaired) electrons. The van der Waals surface area contributed by atoms with Gasteiger partial charge < -0.3 is 10.1 Å². The molecule has 0 heterocycles. The normalized spacial score (nSPS) is 12.9. The first kappa shape index (κ1) is 17.6. The Balaban J connectivity index is 2.29. The van der Waals surface area contributed by atoms with Gasteiger partial charge in [0, 0.05) is 6.42 Å². The molecule has 2 aromatic carbocycles. The van der Waals surface area contributed by atoms with Gasteiger partial charge >= 0.3 is 6.18 Å². The van der Waals surface area contributed by atoms with E-state index >= 15 is 0 Å². The van der Waals surface area contributed by atoms with Gasteiger partial charge in [-0.05, 0) is 37.4 Å². The van der Waals surface area contributed by atoms with Gasteiger partial charge in [0.05, 0.1) is 10.6 Å². The Hall–Kier alpha value is -1.72. The smallest absolute Gasteiger partial charge is 0.416 e. The van der Waals surface area contributed by atoms with Crippen LogP contribution in [0.5, 0.6) is 5.75 Å². The number of nitrogens with one attached hydrogen (secondary N) is 1. The van der Waals surface area contributed by atoms with Gasteiger partial charge in [-0.25, -0.2) is 0 Å². The van der Waals surface area contributed by atoms with Gasteiger partial charge in [0.1, 0.15) is 11.9 Å². The van der Waals surface area contributed by atoms with E-state index in [1.807, 2.05) is 30.3 Å². The van der Waals surface area contributed by atoms with Crippen LogP contribution in [-0.4, -0.2) is 13.6 Å². The molecule has 0 aliphatic rings. The third-order valence-corrected chi connectivity index (χ3v) is 3.67. The Morgan fingerprint density at radius 1 is 1.13 bits per heavy atom. The number of halogens is 4. The Morgan fingerprint density at radius 3 is 2.43 bits per heavy atom. The molecule has 0 aromatic heterocycles. The standard InChI is InChI=1S/C17H17ClF3NO/c1-22-10-9-15(12-5-3-2-4-6-12)23-16-11-13(17(19,20)21)7-8-14(16)18/h2-8,11,15,22H,9-10H2,1H3. The fraction of sp³-hybridized carbons (Fsp3) is 0.294. The maximum absolute atomic E-state index is 12.9. The summed E-state index contributed by atoms with van der Waals surface area (Å²) in [6.07, 6.45) is -4.21. The molecule has 0 amide bonds. The van der Waals surface area contributed by atoms with E-state index in [1.54, 1.807) is 7.05 Å². The Bertz CT molecular complexity index is 631. The number of rotatable bonds is 6. The lowest BCUT2D eigenvalue weighted by Gasteiger charge is -2.21. The summed E-state index contributed by atoms with van der Waals surface area (Å²) in [5, 5.41) is 3.17. The first-order chi connectivity index (χ1) is 10.9. The SMILES string of the molecule is CNCCC(Oc1cc(C(F)(F)F)ccc1Cl)c1ccccc1. The van der Waals surface area contributed by atoms with Crippen molar-refractivity contribution in [2.75, 3.05) is 13.6 Å². The number of alkyl halides is 3. The van der Waals surface area contributed by atoms with Crippen molar-refractivity contribution in [1.82, 2.24) is 5.32 Å². The second-order valence-corrected chi connectivity index (χ2v) is 5.46. The largest absolute Gasteiger partial charge is 0.484 e. The molecule has 2 rings (SSSR count). The lowest BCUT2D eigenvalue weighted by atomic mass is 10.1. The van der Waals surface area contributed by atoms with E-state index in [9.17, 15) is 13.2 Å². The van der Waals surface area contributed by atoms with Crippen LogP contribution in [0.2, 0.25) is 5.02 Å². The molecule has 0 spiro atoms. The van der Waals surface area contributed by atoms with E-state index in [1.165, 1.54) is 6.07 Å². The average molecular weight is 344 g/mol. The van der Waals surface area contributed by atoms with Crippen molar-refractivity contribution in [2.24, 2.45) is 0 Å². The van der Waals surface area contributed by atoms with Gasteiger partial charge in [-0.15, -0.1) is 0 Å². The third kappa shape index (κ3) is 4.88. The van der Waals surface area contributed by atoms with Crippen LogP contribution in [0, 0.1) is 0 Å². The highest BCUT2D eigenvalue weighted by molar-refractivity contribution is 6.32. The van der Waals surface area contributed by atoms with Crippen molar-refractivity contribution >= 4 is 11.6 Å². The summed E-state index contributed by atoms with van der Waals surface area (Å²) in [5.41, 5.74) is 0.105. The molecular formula is C17H17ClF3NO. The molecule has 124 valence electrons. The van der Waals surface area contributed by atoms with E-state index in [0.29, 0.717) is 13.0 Å². The monoisotopic (exact) mass is 343 g/mol. The zero-order valence-electron chi connectivity index (χ0n) is 12.5. The Kier molecular flexibility index (Phi) is 5.91. The van der Waals surface area contributed by atoms with Crippen molar-refractivity contribution in [3.05, 3.63) is 64.7 Å². The minimum Gasteiger partial charge on any atom is -0.484 e.